The fraction of sp³-hybridized carbons (Fsp3) is 0.133. The summed E-state index contributed by atoms with van der Waals surface area (Å²) >= 11 is 7.35. The maximum Gasteiger partial charge on any atom is 0.265 e. The fourth-order valence-electron chi connectivity index (χ4n) is 2.32. The first-order valence-electron chi connectivity index (χ1n) is 6.25. The maximum absolute atomic E-state index is 13.5. The van der Waals surface area contributed by atoms with Crippen LogP contribution in [0.25, 0.3) is 16.0 Å². The molecule has 0 fully saturated rings. The Hall–Kier alpha value is -1.69. The lowest BCUT2D eigenvalue weighted by molar-refractivity contribution is 0.200. The topological polar surface area (TPSA) is 41.7 Å². The Kier molecular flexibility index (Phi) is 3.57. The third-order valence-corrected chi connectivity index (χ3v) is 4.55. The van der Waals surface area contributed by atoms with Gasteiger partial charge in [-0.3, -0.25) is 9.20 Å². The number of fused-ring (bicyclic) bond motifs is 1. The zero-order valence-electron chi connectivity index (χ0n) is 11.0. The molecule has 0 radical (unpaired) electrons. The van der Waals surface area contributed by atoms with Gasteiger partial charge in [-0.05, 0) is 36.2 Å². The van der Waals surface area contributed by atoms with Crippen molar-refractivity contribution in [2.75, 3.05) is 0 Å². The highest BCUT2D eigenvalue weighted by atomic mass is 35.5. The van der Waals surface area contributed by atoms with Gasteiger partial charge in [-0.2, -0.15) is 0 Å². The molecule has 1 N–H and O–H groups in total. The van der Waals surface area contributed by atoms with E-state index in [0.29, 0.717) is 21.1 Å². The van der Waals surface area contributed by atoms with Crippen LogP contribution in [0.15, 0.2) is 40.5 Å². The molecule has 3 aromatic rings. The number of rotatable bonds is 2. The first-order chi connectivity index (χ1) is 9.99. The van der Waals surface area contributed by atoms with Crippen LogP contribution in [0.4, 0.5) is 4.39 Å². The Morgan fingerprint density at radius 3 is 2.81 bits per heavy atom. The van der Waals surface area contributed by atoms with Crippen LogP contribution >= 0.6 is 22.9 Å². The maximum atomic E-state index is 13.5. The molecule has 1 atom stereocenters. The van der Waals surface area contributed by atoms with E-state index >= 15 is 0 Å². The van der Waals surface area contributed by atoms with E-state index in [4.69, 9.17) is 11.6 Å². The number of pyridine rings is 1. The van der Waals surface area contributed by atoms with E-state index in [2.05, 4.69) is 0 Å². The molecule has 3 rings (SSSR count). The lowest BCUT2D eigenvalue weighted by atomic mass is 9.98. The van der Waals surface area contributed by atoms with Gasteiger partial charge in [0.15, 0.2) is 0 Å². The molecule has 21 heavy (non-hydrogen) atoms. The summed E-state index contributed by atoms with van der Waals surface area (Å²) < 4.78 is 14.8. The molecule has 0 aliphatic rings. The predicted molar refractivity (Wildman–Crippen MR) is 82.6 cm³/mol. The number of aliphatic hydroxyl groups is 1. The largest absolute Gasteiger partial charge is 0.389 e. The van der Waals surface area contributed by atoms with E-state index in [-0.39, 0.29) is 11.1 Å². The van der Waals surface area contributed by atoms with E-state index in [0.717, 1.165) is 0 Å². The van der Waals surface area contributed by atoms with E-state index in [9.17, 15) is 14.3 Å². The van der Waals surface area contributed by atoms with Gasteiger partial charge in [0.2, 0.25) is 0 Å². The average molecular weight is 324 g/mol. The average Bonchev–Trinajstić information content (AvgIpc) is 2.80. The van der Waals surface area contributed by atoms with Crippen LogP contribution in [0.3, 0.4) is 0 Å². The van der Waals surface area contributed by atoms with Crippen molar-refractivity contribution in [3.8, 4) is 11.1 Å². The minimum absolute atomic E-state index is 0.266. The first kappa shape index (κ1) is 14.3. The van der Waals surface area contributed by atoms with Crippen LogP contribution in [0.5, 0.6) is 0 Å². The molecule has 108 valence electrons. The Morgan fingerprint density at radius 2 is 2.14 bits per heavy atom. The number of aliphatic hydroxyl groups excluding tert-OH is 1. The van der Waals surface area contributed by atoms with Crippen LogP contribution < -0.4 is 5.56 Å². The van der Waals surface area contributed by atoms with Crippen molar-refractivity contribution in [1.82, 2.24) is 4.40 Å². The lowest BCUT2D eigenvalue weighted by Gasteiger charge is -2.12. The standard InChI is InChI=1S/C15H11ClFNO2S/c1-8(19)11-6-13-18(12(16)7-21-13)15(20)14(11)9-3-2-4-10(17)5-9/h2-8,19H,1H3/t8-/m0/s1. The summed E-state index contributed by atoms with van der Waals surface area (Å²) in [6.07, 6.45) is -0.846. The van der Waals surface area contributed by atoms with Crippen molar-refractivity contribution in [1.29, 1.82) is 0 Å². The molecule has 6 heteroatoms. The highest BCUT2D eigenvalue weighted by Gasteiger charge is 2.18. The number of benzene rings is 1. The highest BCUT2D eigenvalue weighted by molar-refractivity contribution is 7.16. The SMILES string of the molecule is C[C@H](O)c1cc2scc(Cl)n2c(=O)c1-c1cccc(F)c1. The Balaban J connectivity index is 2.44. The minimum atomic E-state index is -0.846. The number of aromatic nitrogens is 1. The van der Waals surface area contributed by atoms with Gasteiger partial charge >= 0.3 is 0 Å². The highest BCUT2D eigenvalue weighted by Crippen LogP contribution is 2.30. The molecular formula is C15H11ClFNO2S. The fourth-order valence-corrected chi connectivity index (χ4v) is 3.48. The number of nitrogens with zero attached hydrogens (tertiary/aromatic N) is 1. The van der Waals surface area contributed by atoms with Crippen LogP contribution in [-0.2, 0) is 0 Å². The van der Waals surface area contributed by atoms with Gasteiger partial charge in [-0.1, -0.05) is 23.7 Å². The minimum Gasteiger partial charge on any atom is -0.389 e. The predicted octanol–water partition coefficient (Wildman–Crippen LogP) is 3.87. The smallest absolute Gasteiger partial charge is 0.265 e. The van der Waals surface area contributed by atoms with Crippen molar-refractivity contribution in [2.24, 2.45) is 0 Å². The molecule has 0 amide bonds. The van der Waals surface area contributed by atoms with E-state index in [1.54, 1.807) is 24.4 Å². The number of thiazole rings is 1. The molecule has 0 saturated carbocycles. The van der Waals surface area contributed by atoms with Crippen LogP contribution in [-0.4, -0.2) is 9.51 Å². The summed E-state index contributed by atoms with van der Waals surface area (Å²) in [6.45, 7) is 1.57. The molecule has 0 saturated heterocycles. The van der Waals surface area contributed by atoms with Gasteiger partial charge in [-0.25, -0.2) is 4.39 Å². The van der Waals surface area contributed by atoms with Gasteiger partial charge < -0.3 is 5.11 Å². The number of hydrogen-bond acceptors (Lipinski definition) is 3. The van der Waals surface area contributed by atoms with Gasteiger partial charge in [0.1, 0.15) is 15.8 Å². The van der Waals surface area contributed by atoms with E-state index in [1.807, 2.05) is 0 Å². The molecule has 0 aliphatic carbocycles. The van der Waals surface area contributed by atoms with Gasteiger partial charge in [0, 0.05) is 5.38 Å². The molecule has 0 aliphatic heterocycles. The summed E-state index contributed by atoms with van der Waals surface area (Å²) in [5.41, 5.74) is 0.791. The second kappa shape index (κ2) is 5.26. The zero-order valence-corrected chi connectivity index (χ0v) is 12.6. The third-order valence-electron chi connectivity index (χ3n) is 3.26. The third kappa shape index (κ3) is 2.37. The van der Waals surface area contributed by atoms with E-state index in [1.165, 1.54) is 33.9 Å². The molecule has 2 aromatic heterocycles. The van der Waals surface area contributed by atoms with Crippen LogP contribution in [0.1, 0.15) is 18.6 Å². The Labute approximate surface area is 128 Å². The van der Waals surface area contributed by atoms with Crippen molar-refractivity contribution in [3.63, 3.8) is 0 Å². The zero-order chi connectivity index (χ0) is 15.1. The normalized spacial score (nSPS) is 12.8. The monoisotopic (exact) mass is 323 g/mol. The summed E-state index contributed by atoms with van der Waals surface area (Å²) in [5, 5.41) is 11.9. The molecule has 0 unspecified atom stereocenters. The molecule has 0 bridgehead atoms. The molecule has 1 aromatic carbocycles. The second-order valence-corrected chi connectivity index (χ2v) is 5.98. The Bertz CT molecular complexity index is 885. The number of halogens is 2. The Morgan fingerprint density at radius 1 is 1.38 bits per heavy atom. The van der Waals surface area contributed by atoms with Crippen molar-refractivity contribution in [2.45, 2.75) is 13.0 Å². The molecule has 0 spiro atoms. The summed E-state index contributed by atoms with van der Waals surface area (Å²) in [6, 6.07) is 7.45. The van der Waals surface area contributed by atoms with Gasteiger partial charge in [-0.15, -0.1) is 11.3 Å². The van der Waals surface area contributed by atoms with Crippen LogP contribution in [0.2, 0.25) is 5.15 Å². The van der Waals surface area contributed by atoms with E-state index < -0.39 is 11.9 Å². The quantitative estimate of drug-likeness (QED) is 0.777. The molecule has 3 nitrogen and oxygen atoms in total. The first-order valence-corrected chi connectivity index (χ1v) is 7.51. The summed E-state index contributed by atoms with van der Waals surface area (Å²) in [5.74, 6) is -0.440. The molecular weight excluding hydrogens is 313 g/mol. The lowest BCUT2D eigenvalue weighted by Crippen LogP contribution is -2.18. The van der Waals surface area contributed by atoms with Crippen molar-refractivity contribution < 1.29 is 9.50 Å². The van der Waals surface area contributed by atoms with Gasteiger partial charge in [0.05, 0.1) is 11.7 Å². The van der Waals surface area contributed by atoms with Gasteiger partial charge in [0.25, 0.3) is 5.56 Å². The van der Waals surface area contributed by atoms with Crippen molar-refractivity contribution >= 4 is 27.8 Å². The second-order valence-electron chi connectivity index (χ2n) is 4.70. The van der Waals surface area contributed by atoms with Crippen LogP contribution in [0, 0.1) is 5.82 Å². The number of hydrogen-bond donors (Lipinski definition) is 1. The van der Waals surface area contributed by atoms with Crippen molar-refractivity contribution in [3.05, 3.63) is 62.6 Å². The summed E-state index contributed by atoms with van der Waals surface area (Å²) in [7, 11) is 0. The summed E-state index contributed by atoms with van der Waals surface area (Å²) in [4.78, 5) is 13.3. The molecule has 2 heterocycles.